The number of nitrogens with two attached hydrogens (primary N) is 1. The first kappa shape index (κ1) is 15.3. The highest BCUT2D eigenvalue weighted by Gasteiger charge is 2.20. The quantitative estimate of drug-likeness (QED) is 0.593. The normalized spacial score (nSPS) is 15.8. The standard InChI is InChI=1S/C16H27N3O/c1-3-19(4-2)11-10-15(18-17)14-9-5-7-13-8-6-12-20-16(13)14/h5,7,9,15,18H,3-4,6,8,10-12,17H2,1-2H3. The van der Waals surface area contributed by atoms with E-state index >= 15 is 0 Å². The van der Waals surface area contributed by atoms with Gasteiger partial charge in [-0.1, -0.05) is 32.0 Å². The monoisotopic (exact) mass is 277 g/mol. The minimum absolute atomic E-state index is 0.156. The van der Waals surface area contributed by atoms with Crippen LogP contribution in [-0.4, -0.2) is 31.1 Å². The fourth-order valence-electron chi connectivity index (χ4n) is 2.87. The van der Waals surface area contributed by atoms with Crippen LogP contribution in [0.2, 0.25) is 0 Å². The Balaban J connectivity index is 2.11. The van der Waals surface area contributed by atoms with E-state index in [1.54, 1.807) is 0 Å². The van der Waals surface area contributed by atoms with Crippen LogP contribution in [0, 0.1) is 0 Å². The van der Waals surface area contributed by atoms with Crippen LogP contribution in [0.1, 0.15) is 43.9 Å². The molecule has 0 aliphatic carbocycles. The van der Waals surface area contributed by atoms with Crippen molar-refractivity contribution < 1.29 is 4.74 Å². The molecule has 1 unspecified atom stereocenters. The van der Waals surface area contributed by atoms with Gasteiger partial charge in [0.25, 0.3) is 0 Å². The number of hydrogen-bond donors (Lipinski definition) is 2. The van der Waals surface area contributed by atoms with Gasteiger partial charge in [-0.3, -0.25) is 11.3 Å². The molecule has 1 aliphatic rings. The van der Waals surface area contributed by atoms with E-state index in [-0.39, 0.29) is 6.04 Å². The lowest BCUT2D eigenvalue weighted by Crippen LogP contribution is -2.33. The SMILES string of the molecule is CCN(CC)CCC(NN)c1cccc2c1OCCC2. The van der Waals surface area contributed by atoms with E-state index in [1.165, 1.54) is 11.1 Å². The van der Waals surface area contributed by atoms with Gasteiger partial charge in [0.2, 0.25) is 0 Å². The number of fused-ring (bicyclic) bond motifs is 1. The lowest BCUT2D eigenvalue weighted by molar-refractivity contribution is 0.267. The third-order valence-electron chi connectivity index (χ3n) is 4.17. The van der Waals surface area contributed by atoms with Crippen LogP contribution in [0.3, 0.4) is 0 Å². The molecule has 1 aromatic carbocycles. The molecule has 2 rings (SSSR count). The van der Waals surface area contributed by atoms with Crippen LogP contribution in [0.5, 0.6) is 5.75 Å². The zero-order valence-electron chi connectivity index (χ0n) is 12.7. The van der Waals surface area contributed by atoms with Gasteiger partial charge in [-0.05, 0) is 44.5 Å². The summed E-state index contributed by atoms with van der Waals surface area (Å²) in [5.41, 5.74) is 5.49. The summed E-state index contributed by atoms with van der Waals surface area (Å²) < 4.78 is 5.89. The molecular weight excluding hydrogens is 250 g/mol. The van der Waals surface area contributed by atoms with E-state index in [1.807, 2.05) is 0 Å². The molecule has 1 aliphatic heterocycles. The summed E-state index contributed by atoms with van der Waals surface area (Å²) in [6.07, 6.45) is 3.21. The average molecular weight is 277 g/mol. The predicted molar refractivity (Wildman–Crippen MR) is 82.7 cm³/mol. The highest BCUT2D eigenvalue weighted by atomic mass is 16.5. The molecule has 0 amide bonds. The number of hydrazine groups is 1. The van der Waals surface area contributed by atoms with Crippen molar-refractivity contribution in [3.8, 4) is 5.75 Å². The molecule has 0 saturated heterocycles. The van der Waals surface area contributed by atoms with E-state index in [4.69, 9.17) is 10.6 Å². The van der Waals surface area contributed by atoms with Gasteiger partial charge in [0.05, 0.1) is 12.6 Å². The summed E-state index contributed by atoms with van der Waals surface area (Å²) in [7, 11) is 0. The summed E-state index contributed by atoms with van der Waals surface area (Å²) >= 11 is 0. The van der Waals surface area contributed by atoms with Crippen LogP contribution >= 0.6 is 0 Å². The fraction of sp³-hybridized carbons (Fsp3) is 0.625. The first-order valence-corrected chi connectivity index (χ1v) is 7.73. The Labute approximate surface area is 122 Å². The zero-order chi connectivity index (χ0) is 14.4. The molecule has 3 N–H and O–H groups in total. The lowest BCUT2D eigenvalue weighted by atomic mass is 9.96. The molecule has 0 spiro atoms. The van der Waals surface area contributed by atoms with Crippen molar-refractivity contribution in [2.45, 2.75) is 39.2 Å². The maximum atomic E-state index is 5.89. The van der Waals surface area contributed by atoms with Gasteiger partial charge in [-0.25, -0.2) is 0 Å². The summed E-state index contributed by atoms with van der Waals surface area (Å²) in [5.74, 6) is 6.84. The minimum atomic E-state index is 0.156. The van der Waals surface area contributed by atoms with Gasteiger partial charge >= 0.3 is 0 Å². The highest BCUT2D eigenvalue weighted by molar-refractivity contribution is 5.44. The van der Waals surface area contributed by atoms with Gasteiger partial charge in [0.15, 0.2) is 0 Å². The molecule has 4 nitrogen and oxygen atoms in total. The average Bonchev–Trinajstić information content (AvgIpc) is 2.51. The molecule has 1 heterocycles. The molecule has 1 atom stereocenters. The number of nitrogens with zero attached hydrogens (tertiary/aromatic N) is 1. The Morgan fingerprint density at radius 1 is 1.35 bits per heavy atom. The number of benzene rings is 1. The van der Waals surface area contributed by atoms with E-state index in [0.717, 1.165) is 51.3 Å². The van der Waals surface area contributed by atoms with Crippen molar-refractivity contribution in [1.82, 2.24) is 10.3 Å². The highest BCUT2D eigenvalue weighted by Crippen LogP contribution is 2.33. The number of para-hydroxylation sites is 1. The van der Waals surface area contributed by atoms with Crippen LogP contribution in [-0.2, 0) is 6.42 Å². The molecular formula is C16H27N3O. The minimum Gasteiger partial charge on any atom is -0.493 e. The first-order chi connectivity index (χ1) is 9.80. The van der Waals surface area contributed by atoms with E-state index < -0.39 is 0 Å². The van der Waals surface area contributed by atoms with E-state index in [9.17, 15) is 0 Å². The molecule has 4 heteroatoms. The molecule has 0 radical (unpaired) electrons. The predicted octanol–water partition coefficient (Wildman–Crippen LogP) is 2.25. The van der Waals surface area contributed by atoms with E-state index in [2.05, 4.69) is 42.4 Å². The van der Waals surface area contributed by atoms with Gasteiger partial charge < -0.3 is 9.64 Å². The number of nitrogens with one attached hydrogen (secondary N) is 1. The maximum absolute atomic E-state index is 5.89. The maximum Gasteiger partial charge on any atom is 0.127 e. The second-order valence-corrected chi connectivity index (χ2v) is 5.32. The Hall–Kier alpha value is -1.10. The summed E-state index contributed by atoms with van der Waals surface area (Å²) in [6, 6.07) is 6.57. The van der Waals surface area contributed by atoms with Gasteiger partial charge in [0.1, 0.15) is 5.75 Å². The van der Waals surface area contributed by atoms with Gasteiger partial charge in [-0.2, -0.15) is 0 Å². The number of aryl methyl sites for hydroxylation is 1. The Morgan fingerprint density at radius 3 is 2.85 bits per heavy atom. The van der Waals surface area contributed by atoms with Crippen molar-refractivity contribution in [1.29, 1.82) is 0 Å². The van der Waals surface area contributed by atoms with E-state index in [0.29, 0.717) is 0 Å². The second-order valence-electron chi connectivity index (χ2n) is 5.32. The molecule has 0 bridgehead atoms. The topological polar surface area (TPSA) is 50.5 Å². The molecule has 0 aromatic heterocycles. The number of rotatable bonds is 7. The van der Waals surface area contributed by atoms with Crippen molar-refractivity contribution in [3.05, 3.63) is 29.3 Å². The summed E-state index contributed by atoms with van der Waals surface area (Å²) in [5, 5.41) is 0. The van der Waals surface area contributed by atoms with Crippen molar-refractivity contribution in [2.75, 3.05) is 26.2 Å². The third kappa shape index (κ3) is 3.51. The lowest BCUT2D eigenvalue weighted by Gasteiger charge is -2.26. The van der Waals surface area contributed by atoms with Gasteiger partial charge in [-0.15, -0.1) is 0 Å². The molecule has 0 saturated carbocycles. The molecule has 20 heavy (non-hydrogen) atoms. The molecule has 1 aromatic rings. The zero-order valence-corrected chi connectivity index (χ0v) is 12.7. The van der Waals surface area contributed by atoms with Gasteiger partial charge in [0, 0.05) is 5.56 Å². The van der Waals surface area contributed by atoms with Crippen molar-refractivity contribution in [2.24, 2.45) is 5.84 Å². The van der Waals surface area contributed by atoms with Crippen molar-refractivity contribution >= 4 is 0 Å². The second kappa shape index (κ2) is 7.62. The van der Waals surface area contributed by atoms with Crippen LogP contribution in [0.15, 0.2) is 18.2 Å². The first-order valence-electron chi connectivity index (χ1n) is 7.73. The van der Waals surface area contributed by atoms with Crippen molar-refractivity contribution in [3.63, 3.8) is 0 Å². The smallest absolute Gasteiger partial charge is 0.127 e. The van der Waals surface area contributed by atoms with Crippen LogP contribution in [0.25, 0.3) is 0 Å². The number of hydrogen-bond acceptors (Lipinski definition) is 4. The van der Waals surface area contributed by atoms with Crippen LogP contribution in [0.4, 0.5) is 0 Å². The summed E-state index contributed by atoms with van der Waals surface area (Å²) in [4.78, 5) is 2.42. The Bertz CT molecular complexity index is 418. The molecule has 0 fully saturated rings. The largest absolute Gasteiger partial charge is 0.493 e. The molecule has 112 valence electrons. The third-order valence-corrected chi connectivity index (χ3v) is 4.17. The Kier molecular flexibility index (Phi) is 5.83. The Morgan fingerprint density at radius 2 is 2.15 bits per heavy atom. The van der Waals surface area contributed by atoms with Crippen LogP contribution < -0.4 is 16.0 Å². The summed E-state index contributed by atoms with van der Waals surface area (Å²) in [6.45, 7) is 8.42. The number of ether oxygens (including phenoxy) is 1. The fourth-order valence-corrected chi connectivity index (χ4v) is 2.87.